The third-order valence-corrected chi connectivity index (χ3v) is 4.49. The van der Waals surface area contributed by atoms with Crippen molar-refractivity contribution >= 4 is 34.1 Å². The van der Waals surface area contributed by atoms with Crippen LogP contribution in [0.3, 0.4) is 0 Å². The van der Waals surface area contributed by atoms with Crippen LogP contribution in [0.15, 0.2) is 41.3 Å². The summed E-state index contributed by atoms with van der Waals surface area (Å²) in [6.07, 6.45) is 2.03. The minimum atomic E-state index is -0.143. The number of thioether (sulfide) groups is 1. The van der Waals surface area contributed by atoms with Gasteiger partial charge < -0.3 is 10.1 Å². The van der Waals surface area contributed by atoms with Gasteiger partial charge >= 0.3 is 0 Å². The molecule has 0 aliphatic heterocycles. The second kappa shape index (κ2) is 7.80. The van der Waals surface area contributed by atoms with Gasteiger partial charge in [0.05, 0.1) is 13.5 Å². The Bertz CT molecular complexity index is 628. The van der Waals surface area contributed by atoms with Gasteiger partial charge in [-0.25, -0.2) is 0 Å². The van der Waals surface area contributed by atoms with E-state index < -0.39 is 0 Å². The maximum atomic E-state index is 12.0. The second-order valence-corrected chi connectivity index (χ2v) is 6.25. The molecule has 5 nitrogen and oxygen atoms in total. The van der Waals surface area contributed by atoms with E-state index >= 15 is 0 Å². The maximum absolute atomic E-state index is 12.0. The monoisotopic (exact) mass is 321 g/mol. The highest BCUT2D eigenvalue weighted by Gasteiger charge is 2.11. The van der Waals surface area contributed by atoms with Crippen LogP contribution in [-0.2, 0) is 11.2 Å². The molecule has 0 radical (unpaired) electrons. The highest BCUT2D eigenvalue weighted by atomic mass is 32.2. The fourth-order valence-electron chi connectivity index (χ4n) is 1.63. The first-order valence-electron chi connectivity index (χ1n) is 6.22. The van der Waals surface area contributed by atoms with E-state index in [1.807, 2.05) is 24.3 Å². The fourth-order valence-corrected chi connectivity index (χ4v) is 3.16. The summed E-state index contributed by atoms with van der Waals surface area (Å²) in [4.78, 5) is 12.0. The topological polar surface area (TPSA) is 64.1 Å². The standard InChI is InChI=1S/C14H15N3O2S2/c1-3-8-20-14-17-16-13(21-14)15-12(18)9-10-6-4-5-7-11(10)19-2/h3-7H,1,8-9H2,2H3,(H,15,16,18). The number of hydrogen-bond acceptors (Lipinski definition) is 6. The van der Waals surface area contributed by atoms with Gasteiger partial charge in [-0.2, -0.15) is 0 Å². The van der Waals surface area contributed by atoms with E-state index in [9.17, 15) is 4.79 Å². The number of nitrogens with zero attached hydrogens (tertiary/aromatic N) is 2. The Kier molecular flexibility index (Phi) is 5.77. The van der Waals surface area contributed by atoms with Gasteiger partial charge in [-0.1, -0.05) is 47.4 Å². The Hall–Kier alpha value is -1.86. The van der Waals surface area contributed by atoms with Gasteiger partial charge in [0, 0.05) is 11.3 Å². The van der Waals surface area contributed by atoms with Crippen molar-refractivity contribution in [3.05, 3.63) is 42.5 Å². The number of amides is 1. The molecule has 1 aromatic heterocycles. The maximum Gasteiger partial charge on any atom is 0.230 e. The van der Waals surface area contributed by atoms with E-state index in [0.717, 1.165) is 15.7 Å². The molecule has 1 amide bonds. The summed E-state index contributed by atoms with van der Waals surface area (Å²) < 4.78 is 6.03. The van der Waals surface area contributed by atoms with E-state index in [4.69, 9.17) is 4.74 Å². The lowest BCUT2D eigenvalue weighted by Crippen LogP contribution is -2.14. The largest absolute Gasteiger partial charge is 0.496 e. The van der Waals surface area contributed by atoms with E-state index in [-0.39, 0.29) is 12.3 Å². The molecule has 1 N–H and O–H groups in total. The molecule has 0 aliphatic carbocycles. The van der Waals surface area contributed by atoms with Crippen molar-refractivity contribution in [1.82, 2.24) is 10.2 Å². The Balaban J connectivity index is 1.95. The van der Waals surface area contributed by atoms with Crippen molar-refractivity contribution in [2.24, 2.45) is 0 Å². The molecule has 0 spiro atoms. The molecule has 0 atom stereocenters. The average molecular weight is 321 g/mol. The van der Waals surface area contributed by atoms with Crippen molar-refractivity contribution in [3.63, 3.8) is 0 Å². The van der Waals surface area contributed by atoms with Crippen LogP contribution in [0.5, 0.6) is 5.75 Å². The molecular weight excluding hydrogens is 306 g/mol. The van der Waals surface area contributed by atoms with Gasteiger partial charge in [0.15, 0.2) is 4.34 Å². The molecule has 0 aliphatic rings. The fraction of sp³-hybridized carbons (Fsp3) is 0.214. The molecule has 1 heterocycles. The SMILES string of the molecule is C=CCSc1nnc(NC(=O)Cc2ccccc2OC)s1. The molecular formula is C14H15N3O2S2. The number of carbonyl (C=O) groups excluding carboxylic acids is 1. The molecule has 0 saturated carbocycles. The smallest absolute Gasteiger partial charge is 0.230 e. The molecule has 2 rings (SSSR count). The third kappa shape index (κ3) is 4.57. The number of methoxy groups -OCH3 is 1. The van der Waals surface area contributed by atoms with Gasteiger partial charge in [-0.3, -0.25) is 4.79 Å². The second-order valence-electron chi connectivity index (χ2n) is 4.01. The Morgan fingerprint density at radius 3 is 3.05 bits per heavy atom. The molecule has 1 aromatic carbocycles. The van der Waals surface area contributed by atoms with Crippen molar-refractivity contribution in [2.45, 2.75) is 10.8 Å². The molecule has 0 fully saturated rings. The lowest BCUT2D eigenvalue weighted by Gasteiger charge is -2.07. The Morgan fingerprint density at radius 1 is 1.48 bits per heavy atom. The summed E-state index contributed by atoms with van der Waals surface area (Å²) in [5.74, 6) is 1.33. The number of ether oxygens (including phenoxy) is 1. The summed E-state index contributed by atoms with van der Waals surface area (Å²) in [5, 5.41) is 11.2. The summed E-state index contributed by atoms with van der Waals surface area (Å²) in [5.41, 5.74) is 0.836. The predicted octanol–water partition coefficient (Wildman–Crippen LogP) is 3.01. The quantitative estimate of drug-likeness (QED) is 0.482. The molecule has 21 heavy (non-hydrogen) atoms. The molecule has 7 heteroatoms. The zero-order valence-corrected chi connectivity index (χ0v) is 13.2. The molecule has 0 bridgehead atoms. The summed E-state index contributed by atoms with van der Waals surface area (Å²) in [7, 11) is 1.59. The van der Waals surface area contributed by atoms with E-state index in [0.29, 0.717) is 10.9 Å². The number of para-hydroxylation sites is 1. The number of carbonyl (C=O) groups is 1. The number of hydrogen-bond donors (Lipinski definition) is 1. The first-order valence-corrected chi connectivity index (χ1v) is 8.02. The van der Waals surface area contributed by atoms with Crippen LogP contribution in [0.1, 0.15) is 5.56 Å². The number of rotatable bonds is 7. The highest BCUT2D eigenvalue weighted by molar-refractivity contribution is 8.01. The van der Waals surface area contributed by atoms with Gasteiger partial charge in [0.1, 0.15) is 5.75 Å². The summed E-state index contributed by atoms with van der Waals surface area (Å²) >= 11 is 2.89. The third-order valence-electron chi connectivity index (χ3n) is 2.52. The summed E-state index contributed by atoms with van der Waals surface area (Å²) in [6, 6.07) is 7.44. The molecule has 2 aromatic rings. The van der Waals surface area contributed by atoms with Crippen LogP contribution in [0, 0.1) is 0 Å². The van der Waals surface area contributed by atoms with E-state index in [2.05, 4.69) is 22.1 Å². The number of nitrogens with one attached hydrogen (secondary N) is 1. The number of anilines is 1. The van der Waals surface area contributed by atoms with Crippen molar-refractivity contribution in [1.29, 1.82) is 0 Å². The number of aromatic nitrogens is 2. The average Bonchev–Trinajstić information content (AvgIpc) is 2.93. The Morgan fingerprint density at radius 2 is 2.29 bits per heavy atom. The first kappa shape index (κ1) is 15.5. The minimum absolute atomic E-state index is 0.143. The van der Waals surface area contributed by atoms with Crippen LogP contribution in [0.4, 0.5) is 5.13 Å². The van der Waals surface area contributed by atoms with Gasteiger partial charge in [-0.05, 0) is 6.07 Å². The first-order chi connectivity index (χ1) is 10.2. The predicted molar refractivity (Wildman–Crippen MR) is 86.2 cm³/mol. The highest BCUT2D eigenvalue weighted by Crippen LogP contribution is 2.25. The van der Waals surface area contributed by atoms with E-state index in [1.165, 1.54) is 23.1 Å². The molecule has 110 valence electrons. The van der Waals surface area contributed by atoms with Crippen LogP contribution < -0.4 is 10.1 Å². The van der Waals surface area contributed by atoms with Gasteiger partial charge in [-0.15, -0.1) is 16.8 Å². The lowest BCUT2D eigenvalue weighted by atomic mass is 10.1. The number of benzene rings is 1. The van der Waals surface area contributed by atoms with Crippen LogP contribution >= 0.6 is 23.1 Å². The van der Waals surface area contributed by atoms with Crippen LogP contribution in [-0.4, -0.2) is 29.0 Å². The zero-order chi connectivity index (χ0) is 15.1. The van der Waals surface area contributed by atoms with Crippen molar-refractivity contribution < 1.29 is 9.53 Å². The molecule has 0 unspecified atom stereocenters. The Labute approximate surface area is 131 Å². The van der Waals surface area contributed by atoms with Crippen LogP contribution in [0.2, 0.25) is 0 Å². The van der Waals surface area contributed by atoms with Crippen LogP contribution in [0.25, 0.3) is 0 Å². The summed E-state index contributed by atoms with van der Waals surface area (Å²) in [6.45, 7) is 3.65. The zero-order valence-electron chi connectivity index (χ0n) is 11.5. The minimum Gasteiger partial charge on any atom is -0.496 e. The normalized spacial score (nSPS) is 10.1. The van der Waals surface area contributed by atoms with Crippen molar-refractivity contribution in [2.75, 3.05) is 18.2 Å². The lowest BCUT2D eigenvalue weighted by molar-refractivity contribution is -0.115. The van der Waals surface area contributed by atoms with Gasteiger partial charge in [0.25, 0.3) is 0 Å². The van der Waals surface area contributed by atoms with E-state index in [1.54, 1.807) is 13.2 Å². The van der Waals surface area contributed by atoms with Gasteiger partial charge in [0.2, 0.25) is 11.0 Å². The molecule has 0 saturated heterocycles. The van der Waals surface area contributed by atoms with Crippen molar-refractivity contribution in [3.8, 4) is 5.75 Å².